The van der Waals surface area contributed by atoms with Gasteiger partial charge in [-0.25, -0.2) is 4.79 Å². The first kappa shape index (κ1) is 21.9. The summed E-state index contributed by atoms with van der Waals surface area (Å²) in [7, 11) is 0. The summed E-state index contributed by atoms with van der Waals surface area (Å²) in [5.41, 5.74) is 0.479. The van der Waals surface area contributed by atoms with Crippen molar-refractivity contribution in [2.75, 3.05) is 19.0 Å². The van der Waals surface area contributed by atoms with Crippen LogP contribution in [0.4, 0.5) is 0 Å². The lowest BCUT2D eigenvalue weighted by Gasteiger charge is -2.08. The number of esters is 1. The van der Waals surface area contributed by atoms with Gasteiger partial charge in [-0.05, 0) is 86.4 Å². The average molecular weight is 401 g/mol. The van der Waals surface area contributed by atoms with Crippen molar-refractivity contribution in [1.82, 2.24) is 0 Å². The minimum absolute atomic E-state index is 0.403. The maximum absolute atomic E-state index is 12.3. The van der Waals surface area contributed by atoms with Crippen LogP contribution in [0.15, 0.2) is 61.2 Å². The van der Waals surface area contributed by atoms with Crippen LogP contribution in [-0.4, -0.2) is 24.9 Å². The fourth-order valence-corrected chi connectivity index (χ4v) is 2.68. The zero-order valence-corrected chi connectivity index (χ0v) is 17.0. The number of carbonyl (C=O) groups excluding carboxylic acids is 1. The van der Waals surface area contributed by atoms with Crippen molar-refractivity contribution in [2.24, 2.45) is 0 Å². The Morgan fingerprint density at radius 2 is 1.39 bits per heavy atom. The first-order valence-corrected chi connectivity index (χ1v) is 10.3. The van der Waals surface area contributed by atoms with Gasteiger partial charge in [-0.2, -0.15) is 12.6 Å². The number of hydrogen-bond acceptors (Lipinski definition) is 5. The van der Waals surface area contributed by atoms with E-state index in [4.69, 9.17) is 14.2 Å². The topological polar surface area (TPSA) is 44.8 Å². The van der Waals surface area contributed by atoms with Gasteiger partial charge in [-0.1, -0.05) is 6.08 Å². The van der Waals surface area contributed by atoms with Gasteiger partial charge in [0.2, 0.25) is 0 Å². The number of unbranched alkanes of at least 4 members (excludes halogenated alkanes) is 3. The van der Waals surface area contributed by atoms with Gasteiger partial charge in [-0.3, -0.25) is 0 Å². The number of carbonyl (C=O) groups is 1. The SMILES string of the molecule is C=CCCCOc1ccc(OC(=O)c2ccc(OCCCCCS)cc2)cc1. The molecular formula is C23H28O4S. The molecule has 2 rings (SSSR count). The van der Waals surface area contributed by atoms with E-state index in [0.717, 1.165) is 49.4 Å². The fraction of sp³-hybridized carbons (Fsp3) is 0.348. The van der Waals surface area contributed by atoms with E-state index in [0.29, 0.717) is 24.5 Å². The third-order valence-electron chi connectivity index (χ3n) is 4.02. The second-order valence-electron chi connectivity index (χ2n) is 6.30. The quantitative estimate of drug-likeness (QED) is 0.153. The number of allylic oxidation sites excluding steroid dienone is 1. The minimum Gasteiger partial charge on any atom is -0.494 e. The third kappa shape index (κ3) is 8.09. The molecule has 0 atom stereocenters. The molecule has 0 N–H and O–H groups in total. The molecule has 0 amide bonds. The van der Waals surface area contributed by atoms with E-state index in [1.807, 2.05) is 6.08 Å². The van der Waals surface area contributed by atoms with Crippen LogP contribution in [0.25, 0.3) is 0 Å². The molecule has 2 aromatic carbocycles. The lowest BCUT2D eigenvalue weighted by Crippen LogP contribution is -2.08. The molecule has 0 aliphatic rings. The lowest BCUT2D eigenvalue weighted by molar-refractivity contribution is 0.0734. The number of thiol groups is 1. The van der Waals surface area contributed by atoms with Crippen molar-refractivity contribution in [1.29, 1.82) is 0 Å². The summed E-state index contributed by atoms with van der Waals surface area (Å²) in [5, 5.41) is 0. The first-order chi connectivity index (χ1) is 13.7. The van der Waals surface area contributed by atoms with Crippen LogP contribution >= 0.6 is 12.6 Å². The molecule has 0 unspecified atom stereocenters. The van der Waals surface area contributed by atoms with E-state index >= 15 is 0 Å². The maximum Gasteiger partial charge on any atom is 0.343 e. The summed E-state index contributed by atoms with van der Waals surface area (Å²) in [6.07, 6.45) is 6.92. The Labute approximate surface area is 172 Å². The molecule has 0 spiro atoms. The molecular weight excluding hydrogens is 372 g/mol. The van der Waals surface area contributed by atoms with Gasteiger partial charge in [0.15, 0.2) is 0 Å². The van der Waals surface area contributed by atoms with Crippen LogP contribution < -0.4 is 14.2 Å². The van der Waals surface area contributed by atoms with E-state index in [2.05, 4.69) is 19.2 Å². The molecule has 5 heteroatoms. The van der Waals surface area contributed by atoms with E-state index in [-0.39, 0.29) is 0 Å². The highest BCUT2D eigenvalue weighted by molar-refractivity contribution is 7.80. The molecule has 0 aliphatic heterocycles. The molecule has 0 saturated heterocycles. The van der Waals surface area contributed by atoms with Crippen molar-refractivity contribution in [3.8, 4) is 17.2 Å². The van der Waals surface area contributed by atoms with Gasteiger partial charge in [0.25, 0.3) is 0 Å². The van der Waals surface area contributed by atoms with Crippen molar-refractivity contribution in [3.05, 3.63) is 66.7 Å². The Morgan fingerprint density at radius 3 is 2.00 bits per heavy atom. The van der Waals surface area contributed by atoms with Gasteiger partial charge in [0.1, 0.15) is 17.2 Å². The average Bonchev–Trinajstić information content (AvgIpc) is 2.72. The molecule has 0 bridgehead atoms. The third-order valence-corrected chi connectivity index (χ3v) is 4.33. The second-order valence-corrected chi connectivity index (χ2v) is 6.74. The summed E-state index contributed by atoms with van der Waals surface area (Å²) in [6, 6.07) is 14.0. The number of hydrogen-bond donors (Lipinski definition) is 1. The number of rotatable bonds is 13. The van der Waals surface area contributed by atoms with Gasteiger partial charge in [0.05, 0.1) is 18.8 Å². The number of ether oxygens (including phenoxy) is 3. The van der Waals surface area contributed by atoms with E-state index < -0.39 is 5.97 Å². The normalized spacial score (nSPS) is 10.3. The summed E-state index contributed by atoms with van der Waals surface area (Å²) in [4.78, 5) is 12.3. The summed E-state index contributed by atoms with van der Waals surface area (Å²) in [5.74, 6) is 2.48. The van der Waals surface area contributed by atoms with Crippen LogP contribution in [0.3, 0.4) is 0 Å². The first-order valence-electron chi connectivity index (χ1n) is 9.62. The zero-order chi connectivity index (χ0) is 20.0. The smallest absolute Gasteiger partial charge is 0.343 e. The standard InChI is InChI=1S/C23H28O4S/c1-2-3-5-16-25-21-12-14-22(15-13-21)27-23(24)19-8-10-20(11-9-19)26-17-6-4-7-18-28/h2,8-15,28H,1,3-7,16-18H2. The van der Waals surface area contributed by atoms with E-state index in [9.17, 15) is 4.79 Å². The molecule has 2 aromatic rings. The van der Waals surface area contributed by atoms with Crippen molar-refractivity contribution in [3.63, 3.8) is 0 Å². The molecule has 0 fully saturated rings. The van der Waals surface area contributed by atoms with Crippen LogP contribution in [0.2, 0.25) is 0 Å². The highest BCUT2D eigenvalue weighted by Gasteiger charge is 2.09. The van der Waals surface area contributed by atoms with Crippen LogP contribution in [0, 0.1) is 0 Å². The van der Waals surface area contributed by atoms with Gasteiger partial charge in [0, 0.05) is 0 Å². The van der Waals surface area contributed by atoms with Crippen molar-refractivity contribution >= 4 is 18.6 Å². The number of benzene rings is 2. The van der Waals surface area contributed by atoms with Gasteiger partial charge < -0.3 is 14.2 Å². The van der Waals surface area contributed by atoms with Crippen molar-refractivity contribution in [2.45, 2.75) is 32.1 Å². The summed E-state index contributed by atoms with van der Waals surface area (Å²) < 4.78 is 16.7. The van der Waals surface area contributed by atoms with Gasteiger partial charge in [-0.15, -0.1) is 6.58 Å². The monoisotopic (exact) mass is 400 g/mol. The van der Waals surface area contributed by atoms with E-state index in [1.54, 1.807) is 48.5 Å². The van der Waals surface area contributed by atoms with Crippen LogP contribution in [-0.2, 0) is 0 Å². The zero-order valence-electron chi connectivity index (χ0n) is 16.1. The Morgan fingerprint density at radius 1 is 0.821 bits per heavy atom. The molecule has 0 aliphatic carbocycles. The maximum atomic E-state index is 12.3. The summed E-state index contributed by atoms with van der Waals surface area (Å²) in [6.45, 7) is 4.98. The summed E-state index contributed by atoms with van der Waals surface area (Å²) >= 11 is 4.19. The molecule has 4 nitrogen and oxygen atoms in total. The fourth-order valence-electron chi connectivity index (χ4n) is 2.46. The molecule has 28 heavy (non-hydrogen) atoms. The molecule has 0 saturated carbocycles. The highest BCUT2D eigenvalue weighted by atomic mass is 32.1. The van der Waals surface area contributed by atoms with Crippen molar-refractivity contribution < 1.29 is 19.0 Å². The minimum atomic E-state index is -0.403. The predicted molar refractivity (Wildman–Crippen MR) is 116 cm³/mol. The highest BCUT2D eigenvalue weighted by Crippen LogP contribution is 2.20. The lowest BCUT2D eigenvalue weighted by atomic mass is 10.2. The van der Waals surface area contributed by atoms with Crippen LogP contribution in [0.1, 0.15) is 42.5 Å². The largest absolute Gasteiger partial charge is 0.494 e. The molecule has 0 aromatic heterocycles. The Kier molecular flexibility index (Phi) is 10.1. The van der Waals surface area contributed by atoms with Gasteiger partial charge >= 0.3 is 5.97 Å². The molecule has 0 heterocycles. The molecule has 0 radical (unpaired) electrons. The van der Waals surface area contributed by atoms with Crippen LogP contribution in [0.5, 0.6) is 17.2 Å². The Bertz CT molecular complexity index is 710. The second kappa shape index (κ2) is 12.9. The Hall–Kier alpha value is -2.40. The Balaban J connectivity index is 1.78. The van der Waals surface area contributed by atoms with E-state index in [1.165, 1.54) is 0 Å². The molecule has 150 valence electrons. The predicted octanol–water partition coefficient (Wildman–Crippen LogP) is 5.73.